The van der Waals surface area contributed by atoms with E-state index in [4.69, 9.17) is 0 Å². The number of halogens is 1. The van der Waals surface area contributed by atoms with Crippen molar-refractivity contribution in [3.8, 4) is 5.75 Å². The average Bonchev–Trinajstić information content (AvgIpc) is 2.61. The molecule has 2 aromatic rings. The van der Waals surface area contributed by atoms with Crippen LogP contribution in [0.3, 0.4) is 0 Å². The average molecular weight is 347 g/mol. The maximum absolute atomic E-state index is 12.9. The number of phenolic OH excluding ortho intramolecular Hbond substituents is 1. The van der Waals surface area contributed by atoms with E-state index in [2.05, 4.69) is 4.90 Å². The summed E-state index contributed by atoms with van der Waals surface area (Å²) < 4.78 is 25.5. The maximum Gasteiger partial charge on any atom is 0.131 e. The van der Waals surface area contributed by atoms with E-state index < -0.39 is 10.8 Å². The molecule has 1 aliphatic rings. The first kappa shape index (κ1) is 17.1. The quantitative estimate of drug-likeness (QED) is 0.902. The first-order valence-corrected chi connectivity index (χ1v) is 9.50. The Morgan fingerprint density at radius 3 is 2.42 bits per heavy atom. The normalized spacial score (nSPS) is 17.7. The Balaban J connectivity index is 1.49. The molecule has 0 spiro atoms. The fraction of sp³-hybridized carbons (Fsp3) is 0.368. The Kier molecular flexibility index (Phi) is 5.63. The lowest BCUT2D eigenvalue weighted by Gasteiger charge is -2.31. The lowest BCUT2D eigenvalue weighted by atomic mass is 10.1. The van der Waals surface area contributed by atoms with Crippen LogP contribution in [0, 0.1) is 5.82 Å². The smallest absolute Gasteiger partial charge is 0.131 e. The van der Waals surface area contributed by atoms with Crippen molar-refractivity contribution in [2.75, 3.05) is 19.6 Å². The summed E-state index contributed by atoms with van der Waals surface area (Å²) in [6.45, 7) is 2.75. The highest BCUT2D eigenvalue weighted by Gasteiger charge is 2.25. The van der Waals surface area contributed by atoms with Crippen molar-refractivity contribution in [3.05, 3.63) is 59.9 Å². The van der Waals surface area contributed by atoms with Crippen molar-refractivity contribution in [2.45, 2.75) is 29.4 Å². The second kappa shape index (κ2) is 7.90. The molecule has 5 heteroatoms. The Hall–Kier alpha value is -1.72. The summed E-state index contributed by atoms with van der Waals surface area (Å²) in [5, 5.41) is 9.96. The van der Waals surface area contributed by atoms with E-state index in [1.807, 2.05) is 18.2 Å². The van der Waals surface area contributed by atoms with Gasteiger partial charge in [0.2, 0.25) is 0 Å². The number of aromatic hydroxyl groups is 1. The largest absolute Gasteiger partial charge is 0.507 e. The zero-order valence-corrected chi connectivity index (χ0v) is 14.3. The van der Waals surface area contributed by atoms with Gasteiger partial charge in [-0.05, 0) is 62.2 Å². The van der Waals surface area contributed by atoms with Crippen molar-refractivity contribution in [1.29, 1.82) is 0 Å². The number of hydrogen-bond donors (Lipinski definition) is 1. The molecule has 128 valence electrons. The third kappa shape index (κ3) is 4.22. The predicted molar refractivity (Wildman–Crippen MR) is 94.1 cm³/mol. The molecule has 24 heavy (non-hydrogen) atoms. The van der Waals surface area contributed by atoms with E-state index in [1.54, 1.807) is 18.2 Å². The van der Waals surface area contributed by atoms with Gasteiger partial charge in [-0.1, -0.05) is 24.3 Å². The molecule has 2 aromatic carbocycles. The minimum absolute atomic E-state index is 0.0976. The van der Waals surface area contributed by atoms with Crippen LogP contribution in [0.25, 0.3) is 0 Å². The number of piperidine rings is 1. The molecular weight excluding hydrogens is 325 g/mol. The second-order valence-electron chi connectivity index (χ2n) is 6.18. The van der Waals surface area contributed by atoms with Crippen LogP contribution in [0.2, 0.25) is 0 Å². The van der Waals surface area contributed by atoms with Gasteiger partial charge in [-0.15, -0.1) is 0 Å². The van der Waals surface area contributed by atoms with Crippen LogP contribution < -0.4 is 0 Å². The SMILES string of the molecule is O=S(c1ccccc1O)C1CCN(CCc2ccc(F)cc2)CC1. The lowest BCUT2D eigenvalue weighted by Crippen LogP contribution is -2.38. The summed E-state index contributed by atoms with van der Waals surface area (Å²) in [5.41, 5.74) is 1.14. The molecule has 1 aliphatic heterocycles. The van der Waals surface area contributed by atoms with Crippen molar-refractivity contribution in [1.82, 2.24) is 4.90 Å². The molecule has 1 unspecified atom stereocenters. The molecule has 1 heterocycles. The zero-order chi connectivity index (χ0) is 16.9. The number of para-hydroxylation sites is 1. The van der Waals surface area contributed by atoms with Crippen molar-refractivity contribution < 1.29 is 13.7 Å². The highest BCUT2D eigenvalue weighted by atomic mass is 32.2. The van der Waals surface area contributed by atoms with Crippen LogP contribution in [0.4, 0.5) is 4.39 Å². The monoisotopic (exact) mass is 347 g/mol. The van der Waals surface area contributed by atoms with E-state index in [1.165, 1.54) is 12.1 Å². The van der Waals surface area contributed by atoms with Crippen molar-refractivity contribution in [3.63, 3.8) is 0 Å². The van der Waals surface area contributed by atoms with E-state index in [9.17, 15) is 13.7 Å². The first-order valence-electron chi connectivity index (χ1n) is 8.29. The van der Waals surface area contributed by atoms with E-state index in [0.717, 1.165) is 44.5 Å². The Bertz CT molecular complexity index is 697. The van der Waals surface area contributed by atoms with Gasteiger partial charge in [0.25, 0.3) is 0 Å². The number of phenols is 1. The van der Waals surface area contributed by atoms with Gasteiger partial charge in [-0.2, -0.15) is 0 Å². The minimum atomic E-state index is -1.16. The number of rotatable bonds is 5. The van der Waals surface area contributed by atoms with Gasteiger partial charge in [0.05, 0.1) is 15.7 Å². The van der Waals surface area contributed by atoms with E-state index >= 15 is 0 Å². The van der Waals surface area contributed by atoms with Gasteiger partial charge in [-0.25, -0.2) is 4.39 Å². The van der Waals surface area contributed by atoms with Gasteiger partial charge in [-0.3, -0.25) is 4.21 Å². The van der Waals surface area contributed by atoms with Crippen LogP contribution in [0.15, 0.2) is 53.4 Å². The molecule has 0 aromatic heterocycles. The number of hydrogen-bond acceptors (Lipinski definition) is 3. The summed E-state index contributed by atoms with van der Waals surface area (Å²) in [6, 6.07) is 13.5. The molecule has 0 radical (unpaired) electrons. The molecule has 3 rings (SSSR count). The van der Waals surface area contributed by atoms with Gasteiger partial charge < -0.3 is 10.0 Å². The van der Waals surface area contributed by atoms with Gasteiger partial charge in [0.15, 0.2) is 0 Å². The number of benzene rings is 2. The standard InChI is InChI=1S/C19H22FNO2S/c20-16-7-5-15(6-8-16)9-12-21-13-10-17(11-14-21)24(23)19-4-2-1-3-18(19)22/h1-8,17,22H,9-14H2. The predicted octanol–water partition coefficient (Wildman–Crippen LogP) is 3.35. The molecule has 3 nitrogen and oxygen atoms in total. The Morgan fingerprint density at radius 1 is 1.08 bits per heavy atom. The van der Waals surface area contributed by atoms with Gasteiger partial charge in [0.1, 0.15) is 11.6 Å². The molecule has 1 fully saturated rings. The van der Waals surface area contributed by atoms with Crippen molar-refractivity contribution >= 4 is 10.8 Å². The van der Waals surface area contributed by atoms with Crippen molar-refractivity contribution in [2.24, 2.45) is 0 Å². The fourth-order valence-corrected chi connectivity index (χ4v) is 4.58. The van der Waals surface area contributed by atoms with Crippen LogP contribution >= 0.6 is 0 Å². The summed E-state index contributed by atoms with van der Waals surface area (Å²) >= 11 is 0. The highest BCUT2D eigenvalue weighted by molar-refractivity contribution is 7.85. The summed E-state index contributed by atoms with van der Waals surface area (Å²) in [4.78, 5) is 2.91. The Labute approximate surface area is 144 Å². The molecular formula is C19H22FNO2S. The fourth-order valence-electron chi connectivity index (χ4n) is 3.09. The topological polar surface area (TPSA) is 40.5 Å². The minimum Gasteiger partial charge on any atom is -0.507 e. The second-order valence-corrected chi connectivity index (χ2v) is 7.88. The third-order valence-electron chi connectivity index (χ3n) is 4.55. The molecule has 1 N–H and O–H groups in total. The Morgan fingerprint density at radius 2 is 1.75 bits per heavy atom. The summed E-state index contributed by atoms with van der Waals surface area (Å²) in [5.74, 6) is -0.0826. The maximum atomic E-state index is 12.9. The third-order valence-corrected chi connectivity index (χ3v) is 6.40. The molecule has 0 aliphatic carbocycles. The van der Waals surface area contributed by atoms with Crippen LogP contribution in [-0.2, 0) is 17.2 Å². The van der Waals surface area contributed by atoms with Gasteiger partial charge >= 0.3 is 0 Å². The zero-order valence-electron chi connectivity index (χ0n) is 13.5. The highest BCUT2D eigenvalue weighted by Crippen LogP contribution is 2.27. The lowest BCUT2D eigenvalue weighted by molar-refractivity contribution is 0.234. The molecule has 1 saturated heterocycles. The van der Waals surface area contributed by atoms with Crippen LogP contribution in [0.5, 0.6) is 5.75 Å². The van der Waals surface area contributed by atoms with Crippen LogP contribution in [-0.4, -0.2) is 39.1 Å². The summed E-state index contributed by atoms with van der Waals surface area (Å²) in [7, 11) is -1.16. The van der Waals surface area contributed by atoms with Crippen LogP contribution in [0.1, 0.15) is 18.4 Å². The molecule has 0 saturated carbocycles. The van der Waals surface area contributed by atoms with Gasteiger partial charge in [0, 0.05) is 11.8 Å². The summed E-state index contributed by atoms with van der Waals surface area (Å²) in [6.07, 6.45) is 2.63. The number of likely N-dealkylation sites (tertiary alicyclic amines) is 1. The first-order chi connectivity index (χ1) is 11.6. The molecule has 0 bridgehead atoms. The molecule has 1 atom stereocenters. The van der Waals surface area contributed by atoms with E-state index in [0.29, 0.717) is 4.90 Å². The molecule has 0 amide bonds. The van der Waals surface area contributed by atoms with E-state index in [-0.39, 0.29) is 16.8 Å². The number of nitrogens with zero attached hydrogens (tertiary/aromatic N) is 1.